The minimum absolute atomic E-state index is 0.0164. The maximum atomic E-state index is 13.6. The minimum Gasteiger partial charge on any atom is -0.496 e. The van der Waals surface area contributed by atoms with Crippen molar-refractivity contribution in [3.63, 3.8) is 0 Å². The topological polar surface area (TPSA) is 109 Å². The van der Waals surface area contributed by atoms with E-state index in [2.05, 4.69) is 64.5 Å². The molecule has 0 spiro atoms. The van der Waals surface area contributed by atoms with E-state index in [1.54, 1.807) is 27.5 Å². The number of hydrogen-bond donors (Lipinski definition) is 1. The van der Waals surface area contributed by atoms with Crippen LogP contribution < -0.4 is 20.3 Å². The van der Waals surface area contributed by atoms with Gasteiger partial charge in [0.1, 0.15) is 17.2 Å². The van der Waals surface area contributed by atoms with E-state index in [-0.39, 0.29) is 28.5 Å². The number of imide groups is 1. The molecule has 3 aliphatic heterocycles. The molecule has 11 nitrogen and oxygen atoms in total. The molecule has 14 heteroatoms. The quantitative estimate of drug-likeness (QED) is 0.133. The normalized spacial score (nSPS) is 18.3. The van der Waals surface area contributed by atoms with Crippen LogP contribution in [0.3, 0.4) is 0 Å². The smallest absolute Gasteiger partial charge is 0.433 e. The number of rotatable bonds is 13. The molecule has 6 rings (SSSR count). The molecule has 0 bridgehead atoms. The van der Waals surface area contributed by atoms with Crippen LogP contribution in [-0.2, 0) is 29.4 Å². The number of carbonyl (C=O) groups is 2. The van der Waals surface area contributed by atoms with Gasteiger partial charge < -0.3 is 23.8 Å². The van der Waals surface area contributed by atoms with Gasteiger partial charge in [-0.3, -0.25) is 29.6 Å². The van der Waals surface area contributed by atoms with Crippen LogP contribution in [0.2, 0.25) is 0 Å². The Labute approximate surface area is 372 Å². The van der Waals surface area contributed by atoms with Crippen LogP contribution in [0.15, 0.2) is 71.0 Å². The number of piperazine rings is 1. The van der Waals surface area contributed by atoms with Crippen LogP contribution in [0, 0.1) is 11.8 Å². The summed E-state index contributed by atoms with van der Waals surface area (Å²) in [7, 11) is 4.73. The second-order valence-electron chi connectivity index (χ2n) is 16.5. The highest BCUT2D eigenvalue weighted by molar-refractivity contribution is 5.98. The van der Waals surface area contributed by atoms with Crippen molar-refractivity contribution in [1.82, 2.24) is 29.6 Å². The average Bonchev–Trinajstić information content (AvgIpc) is 3.28. The van der Waals surface area contributed by atoms with Gasteiger partial charge in [-0.25, -0.2) is 0 Å². The summed E-state index contributed by atoms with van der Waals surface area (Å²) in [4.78, 5) is 45.0. The number of fused-ring (bicyclic) bond motifs is 1. The molecule has 1 N–H and O–H groups in total. The SMILES string of the molecule is C=C(C)/C(=C\C(=C/C)N1CCC(CCN2CCN(Cc3c(OC)cc(-c4cn(C)c(=O)c5cnc(C(F)(F)F)cc45)cc3OC)CC2)CC1)CCC.CC.CC1CCC(=O)NC1=O. The third-order valence-corrected chi connectivity index (χ3v) is 12.2. The zero-order chi connectivity index (χ0) is 46.4. The lowest BCUT2D eigenvalue weighted by Gasteiger charge is -2.38. The lowest BCUT2D eigenvalue weighted by atomic mass is 9.92. The number of ether oxygens (including phenoxy) is 2. The van der Waals surface area contributed by atoms with Crippen LogP contribution in [0.5, 0.6) is 11.5 Å². The first-order valence-electron chi connectivity index (χ1n) is 22.4. The summed E-state index contributed by atoms with van der Waals surface area (Å²) in [5.74, 6) is 1.63. The maximum absolute atomic E-state index is 13.6. The number of amides is 2. The Kier molecular flexibility index (Phi) is 19.0. The lowest BCUT2D eigenvalue weighted by molar-refractivity contribution is -0.141. The Bertz CT molecular complexity index is 2140. The number of piperidine rings is 2. The molecule has 5 heterocycles. The summed E-state index contributed by atoms with van der Waals surface area (Å²) in [6, 6.07) is 4.56. The van der Waals surface area contributed by atoms with Gasteiger partial charge >= 0.3 is 6.18 Å². The molecule has 1 aromatic carbocycles. The molecule has 3 aromatic rings. The number of methoxy groups -OCH3 is 2. The van der Waals surface area contributed by atoms with E-state index in [4.69, 9.17) is 9.47 Å². The standard InChI is InChI=1S/C41H54F3N5O3.C6H9NO2.C2H6/c1-8-10-30(28(3)4)21-32(9-2)49-15-12-29(13-16-49)11-14-47-17-19-48(20-18-47)27-36-37(51-6)22-31(23-38(36)52-7)35-26-46(5)40(50)34-25-45-39(24-33(34)35)41(42,43)44;1-4-2-3-5(8)7-6(4)9;1-2/h9,21-26,29H,3,8,10-20,27H2,1-2,4-7H3;4H,2-3H2,1H3,(H,7,8,9);1-2H3/b30-21-,32-9+;;. The van der Waals surface area contributed by atoms with Crippen LogP contribution in [0.1, 0.15) is 97.7 Å². The van der Waals surface area contributed by atoms with Gasteiger partial charge in [0.25, 0.3) is 5.56 Å². The zero-order valence-corrected chi connectivity index (χ0v) is 38.9. The summed E-state index contributed by atoms with van der Waals surface area (Å²) < 4.78 is 53.9. The number of aromatic nitrogens is 2. The summed E-state index contributed by atoms with van der Waals surface area (Å²) in [5, 5.41) is 2.53. The van der Waals surface area contributed by atoms with Gasteiger partial charge in [-0.2, -0.15) is 13.2 Å². The highest BCUT2D eigenvalue weighted by Crippen LogP contribution is 2.39. The predicted molar refractivity (Wildman–Crippen MR) is 246 cm³/mol. The number of alkyl halides is 3. The van der Waals surface area contributed by atoms with Crippen LogP contribution in [0.4, 0.5) is 13.2 Å². The van der Waals surface area contributed by atoms with Crippen molar-refractivity contribution in [2.75, 3.05) is 60.0 Å². The number of nitrogens with one attached hydrogen (secondary N) is 1. The van der Waals surface area contributed by atoms with E-state index in [9.17, 15) is 27.6 Å². The molecule has 2 amide bonds. The number of hydrogen-bond acceptors (Lipinski definition) is 9. The molecule has 346 valence electrons. The number of halogens is 3. The fraction of sp³-hybridized carbons (Fsp3) is 0.551. The fourth-order valence-electron chi connectivity index (χ4n) is 8.30. The van der Waals surface area contributed by atoms with Crippen molar-refractivity contribution in [2.45, 2.75) is 99.2 Å². The van der Waals surface area contributed by atoms with Crippen molar-refractivity contribution >= 4 is 22.6 Å². The number of nitrogens with zero attached hydrogens (tertiary/aromatic N) is 5. The van der Waals surface area contributed by atoms with E-state index in [1.165, 1.54) is 35.1 Å². The predicted octanol–water partition coefficient (Wildman–Crippen LogP) is 9.15. The van der Waals surface area contributed by atoms with Crippen molar-refractivity contribution in [3.05, 3.63) is 87.8 Å². The van der Waals surface area contributed by atoms with Crippen LogP contribution >= 0.6 is 0 Å². The van der Waals surface area contributed by atoms with E-state index in [0.717, 1.165) is 88.0 Å². The third-order valence-electron chi connectivity index (χ3n) is 12.2. The zero-order valence-electron chi connectivity index (χ0n) is 38.9. The van der Waals surface area contributed by atoms with Gasteiger partial charge in [0, 0.05) is 94.2 Å². The van der Waals surface area contributed by atoms with Crippen molar-refractivity contribution in [3.8, 4) is 22.6 Å². The number of likely N-dealkylation sites (tertiary alicyclic amines) is 1. The summed E-state index contributed by atoms with van der Waals surface area (Å²) in [6.45, 7) is 24.2. The molecule has 3 fully saturated rings. The first-order chi connectivity index (χ1) is 30.1. The minimum atomic E-state index is -4.65. The largest absolute Gasteiger partial charge is 0.496 e. The maximum Gasteiger partial charge on any atom is 0.433 e. The number of pyridine rings is 2. The summed E-state index contributed by atoms with van der Waals surface area (Å²) >= 11 is 0. The second-order valence-corrected chi connectivity index (χ2v) is 16.5. The molecule has 3 aliphatic rings. The summed E-state index contributed by atoms with van der Waals surface area (Å²) in [6.07, 6.45) is 9.50. The number of carbonyl (C=O) groups excluding carboxylic acids is 2. The lowest BCUT2D eigenvalue weighted by Crippen LogP contribution is -2.46. The van der Waals surface area contributed by atoms with Crippen molar-refractivity contribution in [2.24, 2.45) is 18.9 Å². The van der Waals surface area contributed by atoms with Gasteiger partial charge in [-0.05, 0) is 93.8 Å². The Balaban J connectivity index is 0.000000696. The van der Waals surface area contributed by atoms with Gasteiger partial charge in [-0.1, -0.05) is 52.3 Å². The van der Waals surface area contributed by atoms with Gasteiger partial charge in [-0.15, -0.1) is 0 Å². The Hall–Kier alpha value is -4.95. The Morgan fingerprint density at radius 1 is 0.952 bits per heavy atom. The molecular formula is C49H69F3N6O5. The molecule has 1 atom stereocenters. The third kappa shape index (κ3) is 13.5. The monoisotopic (exact) mass is 879 g/mol. The van der Waals surface area contributed by atoms with Gasteiger partial charge in [0.15, 0.2) is 0 Å². The van der Waals surface area contributed by atoms with Gasteiger partial charge in [0.2, 0.25) is 11.8 Å². The Morgan fingerprint density at radius 2 is 1.57 bits per heavy atom. The van der Waals surface area contributed by atoms with Crippen molar-refractivity contribution < 1.29 is 32.2 Å². The van der Waals surface area contributed by atoms with E-state index >= 15 is 0 Å². The molecule has 1 unspecified atom stereocenters. The van der Waals surface area contributed by atoms with Crippen LogP contribution in [-0.4, -0.2) is 96.1 Å². The fourth-order valence-corrected chi connectivity index (χ4v) is 8.30. The molecule has 63 heavy (non-hydrogen) atoms. The molecule has 0 radical (unpaired) electrons. The highest BCUT2D eigenvalue weighted by Gasteiger charge is 2.33. The number of aryl methyl sites for hydroxylation is 1. The molecule has 3 saturated heterocycles. The molecule has 0 saturated carbocycles. The molecule has 0 aliphatic carbocycles. The first kappa shape index (κ1) is 50.7. The Morgan fingerprint density at radius 3 is 2.10 bits per heavy atom. The van der Waals surface area contributed by atoms with E-state index < -0.39 is 17.4 Å². The molecule has 2 aromatic heterocycles. The summed E-state index contributed by atoms with van der Waals surface area (Å²) in [5.41, 5.74) is 4.26. The first-order valence-corrected chi connectivity index (χ1v) is 22.4. The number of benzene rings is 1. The second kappa shape index (κ2) is 23.7. The van der Waals surface area contributed by atoms with Gasteiger partial charge in [0.05, 0.1) is 25.2 Å². The molecular weight excluding hydrogens is 810 g/mol. The number of allylic oxidation sites excluding steroid dienone is 4. The van der Waals surface area contributed by atoms with Crippen molar-refractivity contribution in [1.29, 1.82) is 0 Å². The highest BCUT2D eigenvalue weighted by atomic mass is 19.4. The van der Waals surface area contributed by atoms with E-state index in [1.807, 2.05) is 32.9 Å². The van der Waals surface area contributed by atoms with Crippen LogP contribution in [0.25, 0.3) is 21.9 Å². The van der Waals surface area contributed by atoms with E-state index in [0.29, 0.717) is 42.0 Å². The average molecular weight is 879 g/mol.